The predicted octanol–water partition coefficient (Wildman–Crippen LogP) is 4.54. The molecule has 0 saturated heterocycles. The number of halogens is 2. The van der Waals surface area contributed by atoms with Crippen LogP contribution in [0.4, 0.5) is 0 Å². The van der Waals surface area contributed by atoms with E-state index in [1.807, 2.05) is 0 Å². The molecule has 1 aromatic rings. The molecule has 1 aromatic carbocycles. The van der Waals surface area contributed by atoms with Gasteiger partial charge in [-0.05, 0) is 50.0 Å². The van der Waals surface area contributed by atoms with Gasteiger partial charge in [-0.1, -0.05) is 35.0 Å². The highest BCUT2D eigenvalue weighted by atomic mass is 79.9. The molecule has 0 amide bonds. The van der Waals surface area contributed by atoms with Gasteiger partial charge in [0.05, 0.1) is 0 Å². The van der Waals surface area contributed by atoms with E-state index >= 15 is 0 Å². The Morgan fingerprint density at radius 3 is 2.47 bits per heavy atom. The number of benzene rings is 1. The number of rotatable bonds is 7. The Labute approximate surface area is 118 Å². The van der Waals surface area contributed by atoms with Gasteiger partial charge in [0.25, 0.3) is 0 Å². The van der Waals surface area contributed by atoms with E-state index in [0.717, 1.165) is 35.8 Å². The van der Waals surface area contributed by atoms with Gasteiger partial charge in [-0.2, -0.15) is 0 Å². The SMILES string of the molecule is CC(CCCl)CCN(C)Cc1ccc(Br)cc1. The summed E-state index contributed by atoms with van der Waals surface area (Å²) in [4.78, 5) is 2.37. The van der Waals surface area contributed by atoms with E-state index in [-0.39, 0.29) is 0 Å². The lowest BCUT2D eigenvalue weighted by molar-refractivity contribution is 0.296. The van der Waals surface area contributed by atoms with Crippen molar-refractivity contribution in [3.63, 3.8) is 0 Å². The normalized spacial score (nSPS) is 13.0. The summed E-state index contributed by atoms with van der Waals surface area (Å²) in [6.07, 6.45) is 2.34. The van der Waals surface area contributed by atoms with Crippen LogP contribution in [-0.4, -0.2) is 24.4 Å². The van der Waals surface area contributed by atoms with Gasteiger partial charge in [-0.15, -0.1) is 11.6 Å². The van der Waals surface area contributed by atoms with E-state index in [9.17, 15) is 0 Å². The molecule has 3 heteroatoms. The second-order valence-electron chi connectivity index (χ2n) is 4.74. The largest absolute Gasteiger partial charge is 0.302 e. The molecule has 1 atom stereocenters. The third-order valence-corrected chi connectivity index (χ3v) is 3.72. The molecule has 1 rings (SSSR count). The molecule has 1 nitrogen and oxygen atoms in total. The highest BCUT2D eigenvalue weighted by Gasteiger charge is 2.05. The summed E-state index contributed by atoms with van der Waals surface area (Å²) in [6, 6.07) is 8.53. The lowest BCUT2D eigenvalue weighted by atomic mass is 10.1. The minimum atomic E-state index is 0.722. The topological polar surface area (TPSA) is 3.24 Å². The summed E-state index contributed by atoms with van der Waals surface area (Å²) in [6.45, 7) is 4.42. The molecule has 0 radical (unpaired) electrons. The first kappa shape index (κ1) is 15.0. The van der Waals surface area contributed by atoms with E-state index in [1.54, 1.807) is 0 Å². The zero-order valence-electron chi connectivity index (χ0n) is 10.6. The second kappa shape index (κ2) is 8.12. The van der Waals surface area contributed by atoms with Crippen LogP contribution in [0.1, 0.15) is 25.3 Å². The Balaban J connectivity index is 2.29. The van der Waals surface area contributed by atoms with Crippen molar-refractivity contribution in [3.8, 4) is 0 Å². The van der Waals surface area contributed by atoms with Crippen molar-refractivity contribution in [2.24, 2.45) is 5.92 Å². The molecule has 0 spiro atoms. The van der Waals surface area contributed by atoms with Crippen LogP contribution in [0.25, 0.3) is 0 Å². The molecular weight excluding hydrogens is 298 g/mol. The van der Waals surface area contributed by atoms with Crippen molar-refractivity contribution in [3.05, 3.63) is 34.3 Å². The molecule has 0 fully saturated rings. The maximum absolute atomic E-state index is 5.74. The van der Waals surface area contributed by atoms with Gasteiger partial charge in [0, 0.05) is 16.9 Å². The van der Waals surface area contributed by atoms with Crippen molar-refractivity contribution < 1.29 is 0 Å². The van der Waals surface area contributed by atoms with Crippen LogP contribution in [0.3, 0.4) is 0 Å². The van der Waals surface area contributed by atoms with E-state index in [4.69, 9.17) is 11.6 Å². The zero-order valence-corrected chi connectivity index (χ0v) is 13.0. The fourth-order valence-corrected chi connectivity index (χ4v) is 2.39. The van der Waals surface area contributed by atoms with Crippen LogP contribution < -0.4 is 0 Å². The zero-order chi connectivity index (χ0) is 12.7. The highest BCUT2D eigenvalue weighted by Crippen LogP contribution is 2.13. The second-order valence-corrected chi connectivity index (χ2v) is 6.03. The molecule has 0 saturated carbocycles. The first-order valence-corrected chi connectivity index (χ1v) is 7.43. The summed E-state index contributed by atoms with van der Waals surface area (Å²) >= 11 is 9.19. The minimum absolute atomic E-state index is 0.722. The number of alkyl halides is 1. The molecule has 96 valence electrons. The van der Waals surface area contributed by atoms with Crippen molar-refractivity contribution >= 4 is 27.5 Å². The maximum Gasteiger partial charge on any atom is 0.0230 e. The molecule has 0 heterocycles. The van der Waals surface area contributed by atoms with Crippen molar-refractivity contribution in [1.29, 1.82) is 0 Å². The number of hydrogen-bond donors (Lipinski definition) is 0. The van der Waals surface area contributed by atoms with Gasteiger partial charge in [-0.25, -0.2) is 0 Å². The standard InChI is InChI=1S/C14H21BrClN/c1-12(7-9-16)8-10-17(2)11-13-3-5-14(15)6-4-13/h3-6,12H,7-11H2,1-2H3. The fourth-order valence-electron chi connectivity index (χ4n) is 1.75. The van der Waals surface area contributed by atoms with Crippen LogP contribution in [0.15, 0.2) is 28.7 Å². The average molecular weight is 319 g/mol. The molecule has 0 aliphatic carbocycles. The Bertz CT molecular complexity index is 313. The first-order chi connectivity index (χ1) is 8.11. The van der Waals surface area contributed by atoms with Crippen LogP contribution in [0.2, 0.25) is 0 Å². The van der Waals surface area contributed by atoms with Gasteiger partial charge in [0.1, 0.15) is 0 Å². The highest BCUT2D eigenvalue weighted by molar-refractivity contribution is 9.10. The summed E-state index contributed by atoms with van der Waals surface area (Å²) in [5, 5.41) is 0. The van der Waals surface area contributed by atoms with Crippen LogP contribution >= 0.6 is 27.5 Å². The third kappa shape index (κ3) is 6.44. The average Bonchev–Trinajstić information content (AvgIpc) is 2.30. The molecule has 17 heavy (non-hydrogen) atoms. The Kier molecular flexibility index (Phi) is 7.17. The van der Waals surface area contributed by atoms with Gasteiger partial charge in [0.15, 0.2) is 0 Å². The van der Waals surface area contributed by atoms with Gasteiger partial charge in [-0.3, -0.25) is 0 Å². The number of hydrogen-bond acceptors (Lipinski definition) is 1. The van der Waals surface area contributed by atoms with E-state index in [0.29, 0.717) is 0 Å². The summed E-state index contributed by atoms with van der Waals surface area (Å²) in [5.41, 5.74) is 1.36. The molecule has 0 aliphatic heterocycles. The lowest BCUT2D eigenvalue weighted by Gasteiger charge is -2.19. The quantitative estimate of drug-likeness (QED) is 0.667. The molecule has 0 aliphatic rings. The molecule has 0 aromatic heterocycles. The van der Waals surface area contributed by atoms with Crippen molar-refractivity contribution in [2.45, 2.75) is 26.3 Å². The fraction of sp³-hybridized carbons (Fsp3) is 0.571. The van der Waals surface area contributed by atoms with Crippen molar-refractivity contribution in [2.75, 3.05) is 19.5 Å². The van der Waals surface area contributed by atoms with E-state index < -0.39 is 0 Å². The Morgan fingerprint density at radius 1 is 1.24 bits per heavy atom. The van der Waals surface area contributed by atoms with E-state index in [2.05, 4.69) is 59.1 Å². The van der Waals surface area contributed by atoms with E-state index in [1.165, 1.54) is 12.0 Å². The Morgan fingerprint density at radius 2 is 1.88 bits per heavy atom. The molecular formula is C14H21BrClN. The molecule has 0 bridgehead atoms. The Hall–Kier alpha value is -0.0500. The molecule has 0 N–H and O–H groups in total. The van der Waals surface area contributed by atoms with Crippen LogP contribution in [-0.2, 0) is 6.54 Å². The maximum atomic E-state index is 5.74. The number of nitrogens with zero attached hydrogens (tertiary/aromatic N) is 1. The van der Waals surface area contributed by atoms with Crippen molar-refractivity contribution in [1.82, 2.24) is 4.90 Å². The third-order valence-electron chi connectivity index (χ3n) is 2.97. The monoisotopic (exact) mass is 317 g/mol. The van der Waals surface area contributed by atoms with Crippen LogP contribution in [0.5, 0.6) is 0 Å². The van der Waals surface area contributed by atoms with Gasteiger partial charge < -0.3 is 4.90 Å². The summed E-state index contributed by atoms with van der Waals surface area (Å²) in [5.74, 6) is 1.50. The van der Waals surface area contributed by atoms with Crippen LogP contribution in [0, 0.1) is 5.92 Å². The summed E-state index contributed by atoms with van der Waals surface area (Å²) < 4.78 is 1.14. The predicted molar refractivity (Wildman–Crippen MR) is 79.6 cm³/mol. The molecule has 1 unspecified atom stereocenters. The smallest absolute Gasteiger partial charge is 0.0230 e. The lowest BCUT2D eigenvalue weighted by Crippen LogP contribution is -2.20. The van der Waals surface area contributed by atoms with Gasteiger partial charge >= 0.3 is 0 Å². The summed E-state index contributed by atoms with van der Waals surface area (Å²) in [7, 11) is 2.18. The first-order valence-electron chi connectivity index (χ1n) is 6.10. The van der Waals surface area contributed by atoms with Gasteiger partial charge in [0.2, 0.25) is 0 Å². The minimum Gasteiger partial charge on any atom is -0.302 e.